The first-order valence-electron chi connectivity index (χ1n) is 5.64. The third-order valence-corrected chi connectivity index (χ3v) is 3.03. The third-order valence-electron chi connectivity index (χ3n) is 3.03. The lowest BCUT2D eigenvalue weighted by Gasteiger charge is -2.24. The molecule has 3 N–H and O–H groups in total. The van der Waals surface area contributed by atoms with E-state index in [4.69, 9.17) is 14.9 Å². The van der Waals surface area contributed by atoms with Crippen LogP contribution in [0.1, 0.15) is 17.2 Å². The SMILES string of the molecule is N#CC1=C(N)Oc2cc(O)ccc2[C@H]1c1ccco1. The smallest absolute Gasteiger partial charge is 0.205 e. The summed E-state index contributed by atoms with van der Waals surface area (Å²) in [6.07, 6.45) is 1.54. The molecule has 2 heterocycles. The highest BCUT2D eigenvalue weighted by atomic mass is 16.5. The van der Waals surface area contributed by atoms with E-state index in [9.17, 15) is 10.4 Å². The largest absolute Gasteiger partial charge is 0.508 e. The van der Waals surface area contributed by atoms with Gasteiger partial charge in [-0.15, -0.1) is 0 Å². The lowest BCUT2D eigenvalue weighted by atomic mass is 9.87. The highest BCUT2D eigenvalue weighted by Crippen LogP contribution is 2.43. The van der Waals surface area contributed by atoms with Crippen LogP contribution in [-0.2, 0) is 0 Å². The number of fused-ring (bicyclic) bond motifs is 1. The molecule has 0 saturated carbocycles. The minimum Gasteiger partial charge on any atom is -0.508 e. The molecule has 0 amide bonds. The number of nitriles is 1. The predicted octanol–water partition coefficient (Wildman–Crippen LogP) is 2.20. The van der Waals surface area contributed by atoms with Crippen molar-refractivity contribution in [2.24, 2.45) is 5.73 Å². The molecule has 19 heavy (non-hydrogen) atoms. The Morgan fingerprint density at radius 3 is 2.84 bits per heavy atom. The van der Waals surface area contributed by atoms with Gasteiger partial charge in [0.2, 0.25) is 5.88 Å². The van der Waals surface area contributed by atoms with Crippen molar-refractivity contribution in [2.75, 3.05) is 0 Å². The molecule has 1 aromatic carbocycles. The van der Waals surface area contributed by atoms with Crippen molar-refractivity contribution >= 4 is 0 Å². The van der Waals surface area contributed by atoms with E-state index in [0.29, 0.717) is 17.1 Å². The third kappa shape index (κ3) is 1.70. The maximum absolute atomic E-state index is 9.49. The van der Waals surface area contributed by atoms with Crippen molar-refractivity contribution in [1.82, 2.24) is 0 Å². The summed E-state index contributed by atoms with van der Waals surface area (Å²) in [5.74, 6) is 0.726. The molecule has 0 spiro atoms. The van der Waals surface area contributed by atoms with Gasteiger partial charge < -0.3 is 20.0 Å². The first-order valence-corrected chi connectivity index (χ1v) is 5.64. The molecular weight excluding hydrogens is 244 g/mol. The molecule has 0 unspecified atom stereocenters. The quantitative estimate of drug-likeness (QED) is 0.813. The molecule has 5 nitrogen and oxygen atoms in total. The van der Waals surface area contributed by atoms with Crippen molar-refractivity contribution in [2.45, 2.75) is 5.92 Å². The number of nitrogens with two attached hydrogens (primary N) is 1. The Labute approximate surface area is 109 Å². The van der Waals surface area contributed by atoms with Crippen LogP contribution in [-0.4, -0.2) is 5.11 Å². The zero-order valence-electron chi connectivity index (χ0n) is 9.83. The summed E-state index contributed by atoms with van der Waals surface area (Å²) in [5, 5.41) is 18.7. The van der Waals surface area contributed by atoms with Gasteiger partial charge in [0.05, 0.1) is 12.2 Å². The molecule has 0 radical (unpaired) electrons. The van der Waals surface area contributed by atoms with Crippen LogP contribution in [0, 0.1) is 11.3 Å². The lowest BCUT2D eigenvalue weighted by Crippen LogP contribution is -2.20. The van der Waals surface area contributed by atoms with Gasteiger partial charge in [-0.2, -0.15) is 5.26 Å². The van der Waals surface area contributed by atoms with Crippen LogP contribution < -0.4 is 10.5 Å². The highest BCUT2D eigenvalue weighted by molar-refractivity contribution is 5.55. The summed E-state index contributed by atoms with van der Waals surface area (Å²) < 4.78 is 10.8. The number of rotatable bonds is 1. The van der Waals surface area contributed by atoms with Crippen molar-refractivity contribution < 1.29 is 14.3 Å². The first kappa shape index (κ1) is 11.2. The Morgan fingerprint density at radius 1 is 1.32 bits per heavy atom. The Hall–Kier alpha value is -2.87. The van der Waals surface area contributed by atoms with E-state index in [1.165, 1.54) is 18.4 Å². The Kier molecular flexibility index (Phi) is 2.43. The number of hydrogen-bond acceptors (Lipinski definition) is 5. The van der Waals surface area contributed by atoms with E-state index in [1.54, 1.807) is 18.2 Å². The summed E-state index contributed by atoms with van der Waals surface area (Å²) in [6.45, 7) is 0. The molecule has 1 atom stereocenters. The number of nitrogens with zero attached hydrogens (tertiary/aromatic N) is 1. The highest BCUT2D eigenvalue weighted by Gasteiger charge is 2.32. The van der Waals surface area contributed by atoms with Gasteiger partial charge in [-0.1, -0.05) is 6.07 Å². The van der Waals surface area contributed by atoms with E-state index in [-0.39, 0.29) is 11.6 Å². The molecule has 5 heteroatoms. The number of allylic oxidation sites excluding steroid dienone is 1. The van der Waals surface area contributed by atoms with Crippen molar-refractivity contribution in [1.29, 1.82) is 5.26 Å². The maximum atomic E-state index is 9.49. The molecule has 0 saturated heterocycles. The molecule has 1 aliphatic heterocycles. The Balaban J connectivity index is 2.23. The topological polar surface area (TPSA) is 92.4 Å². The fourth-order valence-corrected chi connectivity index (χ4v) is 2.19. The van der Waals surface area contributed by atoms with Crippen molar-refractivity contribution in [3.05, 3.63) is 59.4 Å². The van der Waals surface area contributed by atoms with Crippen LogP contribution >= 0.6 is 0 Å². The van der Waals surface area contributed by atoms with Crippen LogP contribution in [0.4, 0.5) is 0 Å². The van der Waals surface area contributed by atoms with Crippen LogP contribution in [0.2, 0.25) is 0 Å². The number of furan rings is 1. The Bertz CT molecular complexity index is 696. The molecule has 0 bridgehead atoms. The zero-order chi connectivity index (χ0) is 13.4. The molecule has 94 valence electrons. The molecule has 0 fully saturated rings. The minimum absolute atomic E-state index is 0.0296. The van der Waals surface area contributed by atoms with Gasteiger partial charge in [0.1, 0.15) is 28.9 Å². The van der Waals surface area contributed by atoms with Gasteiger partial charge in [0.25, 0.3) is 0 Å². The normalized spacial score (nSPS) is 17.5. The van der Waals surface area contributed by atoms with Gasteiger partial charge in [-0.05, 0) is 18.2 Å². The second-order valence-electron chi connectivity index (χ2n) is 4.16. The van der Waals surface area contributed by atoms with Crippen molar-refractivity contribution in [3.63, 3.8) is 0 Å². The maximum Gasteiger partial charge on any atom is 0.205 e. The second kappa shape index (κ2) is 4.10. The fraction of sp³-hybridized carbons (Fsp3) is 0.0714. The van der Waals surface area contributed by atoms with Gasteiger partial charge in [-0.3, -0.25) is 0 Å². The molecule has 2 aromatic rings. The molecule has 1 aromatic heterocycles. The average molecular weight is 254 g/mol. The number of benzene rings is 1. The van der Waals surface area contributed by atoms with Crippen molar-refractivity contribution in [3.8, 4) is 17.6 Å². The standard InChI is InChI=1S/C14H10N2O3/c15-7-10-13(11-2-1-5-18-11)9-4-3-8(17)6-12(9)19-14(10)16/h1-6,13,17H,16H2/t13-/m1/s1. The van der Waals surface area contributed by atoms with Gasteiger partial charge in [0, 0.05) is 11.6 Å². The summed E-state index contributed by atoms with van der Waals surface area (Å²) in [5.41, 5.74) is 6.80. The van der Waals surface area contributed by atoms with Gasteiger partial charge in [-0.25, -0.2) is 0 Å². The van der Waals surface area contributed by atoms with E-state index in [0.717, 1.165) is 5.56 Å². The molecule has 3 rings (SSSR count). The number of aromatic hydroxyl groups is 1. The molecular formula is C14H10N2O3. The number of ether oxygens (including phenoxy) is 1. The van der Waals surface area contributed by atoms with Crippen LogP contribution in [0.25, 0.3) is 0 Å². The lowest BCUT2D eigenvalue weighted by molar-refractivity contribution is 0.379. The van der Waals surface area contributed by atoms with Gasteiger partial charge in [0.15, 0.2) is 0 Å². The monoisotopic (exact) mass is 254 g/mol. The van der Waals surface area contributed by atoms with E-state index in [1.807, 2.05) is 0 Å². The predicted molar refractivity (Wildman–Crippen MR) is 66.1 cm³/mol. The molecule has 1 aliphatic rings. The number of hydrogen-bond donors (Lipinski definition) is 2. The van der Waals surface area contributed by atoms with E-state index >= 15 is 0 Å². The van der Waals surface area contributed by atoms with Crippen LogP contribution in [0.15, 0.2) is 52.5 Å². The van der Waals surface area contributed by atoms with E-state index < -0.39 is 5.92 Å². The van der Waals surface area contributed by atoms with E-state index in [2.05, 4.69) is 6.07 Å². The molecule has 0 aliphatic carbocycles. The van der Waals surface area contributed by atoms with Crippen LogP contribution in [0.3, 0.4) is 0 Å². The van der Waals surface area contributed by atoms with Crippen LogP contribution in [0.5, 0.6) is 11.5 Å². The zero-order valence-corrected chi connectivity index (χ0v) is 9.83. The number of phenols is 1. The first-order chi connectivity index (χ1) is 9.20. The summed E-state index contributed by atoms with van der Waals surface area (Å²) >= 11 is 0. The second-order valence-corrected chi connectivity index (χ2v) is 4.16. The minimum atomic E-state index is -0.413. The fourth-order valence-electron chi connectivity index (χ4n) is 2.19. The summed E-state index contributed by atoms with van der Waals surface area (Å²) in [4.78, 5) is 0. The summed E-state index contributed by atoms with van der Waals surface area (Å²) in [6, 6.07) is 10.3. The number of phenolic OH excluding ortho intramolecular Hbond substituents is 1. The summed E-state index contributed by atoms with van der Waals surface area (Å²) in [7, 11) is 0. The van der Waals surface area contributed by atoms with Gasteiger partial charge >= 0.3 is 0 Å². The average Bonchev–Trinajstić information content (AvgIpc) is 2.90. The Morgan fingerprint density at radius 2 is 2.16 bits per heavy atom.